The van der Waals surface area contributed by atoms with E-state index in [-0.39, 0.29) is 12.0 Å². The van der Waals surface area contributed by atoms with Gasteiger partial charge in [-0.05, 0) is 12.8 Å². The minimum Gasteiger partial charge on any atom is -0.468 e. The number of carbonyl (C=O) groups excluding carboxylic acids is 1. The number of aryl methyl sites for hydroxylation is 1. The number of nitrogens with one attached hydrogen (secondary N) is 1. The normalized spacial score (nSPS) is 16.8. The van der Waals surface area contributed by atoms with E-state index in [9.17, 15) is 4.79 Å². The van der Waals surface area contributed by atoms with Crippen LogP contribution in [-0.4, -0.2) is 34.7 Å². The van der Waals surface area contributed by atoms with Gasteiger partial charge in [-0.2, -0.15) is 0 Å². The molecule has 1 unspecified atom stereocenters. The molecule has 1 aliphatic carbocycles. The molecule has 0 amide bonds. The fraction of sp³-hybridized carbons (Fsp3) is 0.667. The molecule has 0 aliphatic heterocycles. The molecular weight excluding hydrogens is 218 g/mol. The molecule has 5 nitrogen and oxygen atoms in total. The van der Waals surface area contributed by atoms with Gasteiger partial charge in [0.2, 0.25) is 0 Å². The van der Waals surface area contributed by atoms with E-state index in [1.807, 2.05) is 10.8 Å². The number of carbonyl (C=O) groups is 1. The van der Waals surface area contributed by atoms with Crippen LogP contribution >= 0.6 is 0 Å². The summed E-state index contributed by atoms with van der Waals surface area (Å²) in [6.45, 7) is 2.65. The summed E-state index contributed by atoms with van der Waals surface area (Å²) in [7, 11) is 1.43. The zero-order chi connectivity index (χ0) is 12.3. The summed E-state index contributed by atoms with van der Waals surface area (Å²) < 4.78 is 6.84. The Morgan fingerprint density at radius 1 is 1.71 bits per heavy atom. The van der Waals surface area contributed by atoms with Crippen molar-refractivity contribution < 1.29 is 9.53 Å². The summed E-state index contributed by atoms with van der Waals surface area (Å²) in [5, 5.41) is 3.31. The number of hydrogen-bond donors (Lipinski definition) is 1. The summed E-state index contributed by atoms with van der Waals surface area (Å²) in [5.74, 6) is 0.796. The standard InChI is InChI=1S/C12H19N3O2/c1-3-11-13-6-7-15(11)8-10(12(16)17-2)14-9-4-5-9/h6-7,9-10,14H,3-5,8H2,1-2H3. The highest BCUT2D eigenvalue weighted by atomic mass is 16.5. The van der Waals surface area contributed by atoms with E-state index in [1.165, 1.54) is 7.11 Å². The highest BCUT2D eigenvalue weighted by molar-refractivity contribution is 5.75. The molecule has 2 rings (SSSR count). The van der Waals surface area contributed by atoms with Crippen LogP contribution in [0.2, 0.25) is 0 Å². The summed E-state index contributed by atoms with van der Waals surface area (Å²) in [4.78, 5) is 15.9. The van der Waals surface area contributed by atoms with Crippen LogP contribution in [0.5, 0.6) is 0 Å². The monoisotopic (exact) mass is 237 g/mol. The lowest BCUT2D eigenvalue weighted by atomic mass is 10.2. The Hall–Kier alpha value is -1.36. The quantitative estimate of drug-likeness (QED) is 0.741. The fourth-order valence-electron chi connectivity index (χ4n) is 1.89. The number of imidazole rings is 1. The van der Waals surface area contributed by atoms with Crippen molar-refractivity contribution in [3.63, 3.8) is 0 Å². The van der Waals surface area contributed by atoms with E-state index in [2.05, 4.69) is 17.2 Å². The molecular formula is C12H19N3O2. The van der Waals surface area contributed by atoms with Crippen molar-refractivity contribution in [1.29, 1.82) is 0 Å². The molecule has 1 fully saturated rings. The Labute approximate surface area is 101 Å². The molecule has 1 aromatic heterocycles. The van der Waals surface area contributed by atoms with Crippen LogP contribution < -0.4 is 5.32 Å². The molecule has 1 aliphatic rings. The van der Waals surface area contributed by atoms with Crippen molar-refractivity contribution >= 4 is 5.97 Å². The van der Waals surface area contributed by atoms with Gasteiger partial charge in [-0.25, -0.2) is 4.98 Å². The predicted molar refractivity (Wildman–Crippen MR) is 63.6 cm³/mol. The van der Waals surface area contributed by atoms with E-state index >= 15 is 0 Å². The Kier molecular flexibility index (Phi) is 3.78. The van der Waals surface area contributed by atoms with Gasteiger partial charge in [0.05, 0.1) is 7.11 Å². The number of nitrogens with zero attached hydrogens (tertiary/aromatic N) is 2. The lowest BCUT2D eigenvalue weighted by molar-refractivity contribution is -0.143. The molecule has 1 saturated carbocycles. The van der Waals surface area contributed by atoms with Crippen LogP contribution in [0.4, 0.5) is 0 Å². The zero-order valence-corrected chi connectivity index (χ0v) is 10.3. The first kappa shape index (κ1) is 12.1. The third kappa shape index (κ3) is 3.06. The molecule has 1 atom stereocenters. The molecule has 17 heavy (non-hydrogen) atoms. The van der Waals surface area contributed by atoms with Crippen LogP contribution in [-0.2, 0) is 22.5 Å². The van der Waals surface area contributed by atoms with Crippen LogP contribution in [0, 0.1) is 0 Å². The van der Waals surface area contributed by atoms with Gasteiger partial charge < -0.3 is 14.6 Å². The number of methoxy groups -OCH3 is 1. The summed E-state index contributed by atoms with van der Waals surface area (Å²) in [5.41, 5.74) is 0. The van der Waals surface area contributed by atoms with Crippen LogP contribution in [0.1, 0.15) is 25.6 Å². The predicted octanol–water partition coefficient (Wildman–Crippen LogP) is 0.739. The van der Waals surface area contributed by atoms with Crippen LogP contribution in [0.3, 0.4) is 0 Å². The first-order valence-electron chi connectivity index (χ1n) is 6.08. The number of aromatic nitrogens is 2. The molecule has 94 valence electrons. The Morgan fingerprint density at radius 3 is 3.06 bits per heavy atom. The third-order valence-electron chi connectivity index (χ3n) is 3.00. The summed E-state index contributed by atoms with van der Waals surface area (Å²) in [6.07, 6.45) is 6.84. The molecule has 0 radical (unpaired) electrons. The van der Waals surface area contributed by atoms with Gasteiger partial charge in [0.25, 0.3) is 0 Å². The average molecular weight is 237 g/mol. The first-order chi connectivity index (χ1) is 8.24. The maximum absolute atomic E-state index is 11.7. The van der Waals surface area contributed by atoms with Gasteiger partial charge >= 0.3 is 5.97 Å². The van der Waals surface area contributed by atoms with Gasteiger partial charge in [0.1, 0.15) is 11.9 Å². The van der Waals surface area contributed by atoms with E-state index < -0.39 is 0 Å². The minimum absolute atomic E-state index is 0.201. The minimum atomic E-state index is -0.271. The largest absolute Gasteiger partial charge is 0.468 e. The fourth-order valence-corrected chi connectivity index (χ4v) is 1.89. The number of ether oxygens (including phenoxy) is 1. The molecule has 0 saturated heterocycles. The molecule has 0 spiro atoms. The van der Waals surface area contributed by atoms with Gasteiger partial charge in [0, 0.05) is 31.4 Å². The molecule has 0 aromatic carbocycles. The summed E-state index contributed by atoms with van der Waals surface area (Å²) in [6, 6.07) is 0.208. The van der Waals surface area contributed by atoms with Gasteiger partial charge in [0.15, 0.2) is 0 Å². The van der Waals surface area contributed by atoms with Crippen molar-refractivity contribution in [2.24, 2.45) is 0 Å². The van der Waals surface area contributed by atoms with Gasteiger partial charge in [-0.1, -0.05) is 6.92 Å². The smallest absolute Gasteiger partial charge is 0.324 e. The second kappa shape index (κ2) is 5.31. The Morgan fingerprint density at radius 2 is 2.47 bits per heavy atom. The van der Waals surface area contributed by atoms with Crippen LogP contribution in [0.15, 0.2) is 12.4 Å². The Bertz CT molecular complexity index is 385. The maximum Gasteiger partial charge on any atom is 0.324 e. The average Bonchev–Trinajstić information content (AvgIpc) is 3.04. The number of rotatable bonds is 6. The van der Waals surface area contributed by atoms with E-state index in [0.717, 1.165) is 25.1 Å². The highest BCUT2D eigenvalue weighted by Gasteiger charge is 2.29. The summed E-state index contributed by atoms with van der Waals surface area (Å²) >= 11 is 0. The van der Waals surface area contributed by atoms with Crippen molar-refractivity contribution in [1.82, 2.24) is 14.9 Å². The Balaban J connectivity index is 2.02. The van der Waals surface area contributed by atoms with Crippen LogP contribution in [0.25, 0.3) is 0 Å². The highest BCUT2D eigenvalue weighted by Crippen LogP contribution is 2.20. The van der Waals surface area contributed by atoms with Crippen molar-refractivity contribution in [3.05, 3.63) is 18.2 Å². The number of hydrogen-bond acceptors (Lipinski definition) is 4. The molecule has 0 bridgehead atoms. The number of esters is 1. The second-order valence-corrected chi connectivity index (χ2v) is 4.37. The van der Waals surface area contributed by atoms with E-state index in [0.29, 0.717) is 12.6 Å². The van der Waals surface area contributed by atoms with E-state index in [4.69, 9.17) is 4.74 Å². The van der Waals surface area contributed by atoms with Gasteiger partial charge in [-0.3, -0.25) is 4.79 Å². The SMILES string of the molecule is CCc1nccn1CC(NC1CC1)C(=O)OC. The molecule has 1 heterocycles. The zero-order valence-electron chi connectivity index (χ0n) is 10.3. The van der Waals surface area contributed by atoms with E-state index in [1.54, 1.807) is 6.20 Å². The molecule has 1 aromatic rings. The van der Waals surface area contributed by atoms with Crippen molar-refractivity contribution in [3.8, 4) is 0 Å². The lowest BCUT2D eigenvalue weighted by Gasteiger charge is -2.17. The topological polar surface area (TPSA) is 56.2 Å². The lowest BCUT2D eigenvalue weighted by Crippen LogP contribution is -2.42. The first-order valence-corrected chi connectivity index (χ1v) is 6.08. The molecule has 5 heteroatoms. The van der Waals surface area contributed by atoms with Gasteiger partial charge in [-0.15, -0.1) is 0 Å². The maximum atomic E-state index is 11.7. The van der Waals surface area contributed by atoms with Crippen molar-refractivity contribution in [2.45, 2.75) is 44.8 Å². The van der Waals surface area contributed by atoms with Crippen molar-refractivity contribution in [2.75, 3.05) is 7.11 Å². The molecule has 1 N–H and O–H groups in total. The third-order valence-corrected chi connectivity index (χ3v) is 3.00. The second-order valence-electron chi connectivity index (χ2n) is 4.37.